The molecule has 0 aliphatic heterocycles. The third kappa shape index (κ3) is 2.33. The minimum atomic E-state index is 0.682. The molecule has 0 bridgehead atoms. The number of thioether (sulfide) groups is 1. The molecular formula is C6H9N3S. The zero-order valence-corrected chi connectivity index (χ0v) is 6.34. The van der Waals surface area contributed by atoms with Gasteiger partial charge in [0.2, 0.25) is 0 Å². The third-order valence-electron chi connectivity index (χ3n) is 0.916. The molecule has 0 saturated carbocycles. The number of rotatable bonds is 3. The molecule has 0 amide bonds. The standard InChI is InChI=1S/C6H9N3S/c7-3-5-10-6-2-1-4-8-9-6/h1-2,4H,3,5,7H2. The van der Waals surface area contributed by atoms with Crippen molar-refractivity contribution in [1.82, 2.24) is 10.2 Å². The van der Waals surface area contributed by atoms with Crippen LogP contribution in [0.15, 0.2) is 23.4 Å². The van der Waals surface area contributed by atoms with Crippen LogP contribution >= 0.6 is 11.8 Å². The van der Waals surface area contributed by atoms with Crippen molar-refractivity contribution in [2.24, 2.45) is 5.73 Å². The van der Waals surface area contributed by atoms with E-state index in [1.54, 1.807) is 18.0 Å². The minimum absolute atomic E-state index is 0.682. The van der Waals surface area contributed by atoms with Gasteiger partial charge in [0.05, 0.1) is 0 Å². The van der Waals surface area contributed by atoms with Crippen LogP contribution in [-0.2, 0) is 0 Å². The van der Waals surface area contributed by atoms with E-state index in [1.807, 2.05) is 12.1 Å². The van der Waals surface area contributed by atoms with Gasteiger partial charge in [-0.25, -0.2) is 0 Å². The van der Waals surface area contributed by atoms with E-state index in [1.165, 1.54) is 0 Å². The molecule has 3 nitrogen and oxygen atoms in total. The van der Waals surface area contributed by atoms with E-state index >= 15 is 0 Å². The van der Waals surface area contributed by atoms with Gasteiger partial charge in [-0.1, -0.05) is 0 Å². The fourth-order valence-electron chi connectivity index (χ4n) is 0.528. The van der Waals surface area contributed by atoms with Gasteiger partial charge in [-0.05, 0) is 12.1 Å². The average Bonchev–Trinajstić information content (AvgIpc) is 2.03. The fourth-order valence-corrected chi connectivity index (χ4v) is 1.13. The molecule has 54 valence electrons. The topological polar surface area (TPSA) is 51.8 Å². The molecule has 1 rings (SSSR count). The Balaban J connectivity index is 2.43. The zero-order valence-electron chi connectivity index (χ0n) is 5.53. The van der Waals surface area contributed by atoms with Crippen molar-refractivity contribution in [2.45, 2.75) is 5.03 Å². The highest BCUT2D eigenvalue weighted by molar-refractivity contribution is 7.99. The molecular weight excluding hydrogens is 146 g/mol. The van der Waals surface area contributed by atoms with Gasteiger partial charge in [0.1, 0.15) is 5.03 Å². The highest BCUT2D eigenvalue weighted by Gasteiger charge is 1.90. The molecule has 1 heterocycles. The number of hydrogen-bond donors (Lipinski definition) is 1. The summed E-state index contributed by atoms with van der Waals surface area (Å²) in [6, 6.07) is 3.79. The van der Waals surface area contributed by atoms with Crippen molar-refractivity contribution in [2.75, 3.05) is 12.3 Å². The van der Waals surface area contributed by atoms with E-state index < -0.39 is 0 Å². The molecule has 0 aliphatic rings. The lowest BCUT2D eigenvalue weighted by molar-refractivity contribution is 0.928. The SMILES string of the molecule is NCCSc1cccnn1. The van der Waals surface area contributed by atoms with Gasteiger partial charge in [-0.2, -0.15) is 5.10 Å². The van der Waals surface area contributed by atoms with Crippen LogP contribution in [-0.4, -0.2) is 22.5 Å². The summed E-state index contributed by atoms with van der Waals surface area (Å²) < 4.78 is 0. The Kier molecular flexibility index (Phi) is 3.18. The fraction of sp³-hybridized carbons (Fsp3) is 0.333. The maximum absolute atomic E-state index is 5.31. The number of hydrogen-bond acceptors (Lipinski definition) is 4. The molecule has 0 fully saturated rings. The summed E-state index contributed by atoms with van der Waals surface area (Å²) in [5.74, 6) is 0.901. The summed E-state index contributed by atoms with van der Waals surface area (Å²) in [7, 11) is 0. The van der Waals surface area contributed by atoms with Crippen LogP contribution in [0, 0.1) is 0 Å². The van der Waals surface area contributed by atoms with Crippen LogP contribution in [0.3, 0.4) is 0 Å². The Bertz CT molecular complexity index is 178. The van der Waals surface area contributed by atoms with E-state index in [-0.39, 0.29) is 0 Å². The highest BCUT2D eigenvalue weighted by atomic mass is 32.2. The zero-order chi connectivity index (χ0) is 7.23. The number of aromatic nitrogens is 2. The monoisotopic (exact) mass is 155 g/mol. The van der Waals surface area contributed by atoms with Crippen molar-refractivity contribution < 1.29 is 0 Å². The third-order valence-corrected chi connectivity index (χ3v) is 1.87. The Morgan fingerprint density at radius 2 is 2.50 bits per heavy atom. The Morgan fingerprint density at radius 1 is 1.60 bits per heavy atom. The quantitative estimate of drug-likeness (QED) is 0.647. The predicted octanol–water partition coefficient (Wildman–Crippen LogP) is 0.527. The second kappa shape index (κ2) is 4.24. The Hall–Kier alpha value is -0.610. The first-order chi connectivity index (χ1) is 4.93. The molecule has 0 saturated heterocycles. The van der Waals surface area contributed by atoms with Gasteiger partial charge < -0.3 is 5.73 Å². The van der Waals surface area contributed by atoms with Crippen LogP contribution in [0.5, 0.6) is 0 Å². The van der Waals surface area contributed by atoms with Crippen molar-refractivity contribution in [3.05, 3.63) is 18.3 Å². The van der Waals surface area contributed by atoms with Crippen molar-refractivity contribution in [3.8, 4) is 0 Å². The highest BCUT2D eigenvalue weighted by Crippen LogP contribution is 2.10. The summed E-state index contributed by atoms with van der Waals surface area (Å²) in [5.41, 5.74) is 5.31. The second-order valence-corrected chi connectivity index (χ2v) is 2.81. The molecule has 1 aromatic heterocycles. The maximum atomic E-state index is 5.31. The molecule has 2 N–H and O–H groups in total. The molecule has 10 heavy (non-hydrogen) atoms. The summed E-state index contributed by atoms with van der Waals surface area (Å²) in [6.07, 6.45) is 1.66. The molecule has 0 aliphatic carbocycles. The van der Waals surface area contributed by atoms with Gasteiger partial charge in [-0.3, -0.25) is 0 Å². The lowest BCUT2D eigenvalue weighted by Gasteiger charge is -1.94. The Labute approximate surface area is 64.0 Å². The van der Waals surface area contributed by atoms with E-state index in [2.05, 4.69) is 10.2 Å². The van der Waals surface area contributed by atoms with Crippen LogP contribution in [0.4, 0.5) is 0 Å². The average molecular weight is 155 g/mol. The van der Waals surface area contributed by atoms with E-state index in [0.29, 0.717) is 6.54 Å². The van der Waals surface area contributed by atoms with Gasteiger partial charge in [0.15, 0.2) is 0 Å². The van der Waals surface area contributed by atoms with Crippen molar-refractivity contribution >= 4 is 11.8 Å². The summed E-state index contributed by atoms with van der Waals surface area (Å²) in [6.45, 7) is 0.682. The maximum Gasteiger partial charge on any atom is 0.119 e. The van der Waals surface area contributed by atoms with Crippen LogP contribution in [0.1, 0.15) is 0 Å². The number of nitrogens with two attached hydrogens (primary N) is 1. The molecule has 0 spiro atoms. The summed E-state index contributed by atoms with van der Waals surface area (Å²) in [4.78, 5) is 0. The van der Waals surface area contributed by atoms with Crippen molar-refractivity contribution in [3.63, 3.8) is 0 Å². The van der Waals surface area contributed by atoms with E-state index in [4.69, 9.17) is 5.73 Å². The van der Waals surface area contributed by atoms with E-state index in [9.17, 15) is 0 Å². The van der Waals surface area contributed by atoms with Gasteiger partial charge in [-0.15, -0.1) is 16.9 Å². The second-order valence-electron chi connectivity index (χ2n) is 1.70. The molecule has 0 radical (unpaired) electrons. The van der Waals surface area contributed by atoms with Crippen molar-refractivity contribution in [1.29, 1.82) is 0 Å². The molecule has 0 aromatic carbocycles. The largest absolute Gasteiger partial charge is 0.330 e. The first-order valence-electron chi connectivity index (χ1n) is 3.04. The molecule has 1 aromatic rings. The first kappa shape index (κ1) is 7.50. The molecule has 0 atom stereocenters. The van der Waals surface area contributed by atoms with Crippen LogP contribution in [0.25, 0.3) is 0 Å². The smallest absolute Gasteiger partial charge is 0.119 e. The minimum Gasteiger partial charge on any atom is -0.330 e. The molecule has 0 unspecified atom stereocenters. The van der Waals surface area contributed by atoms with Gasteiger partial charge >= 0.3 is 0 Å². The lowest BCUT2D eigenvalue weighted by atomic mass is 10.6. The lowest BCUT2D eigenvalue weighted by Crippen LogP contribution is -2.01. The normalized spacial score (nSPS) is 9.70. The molecule has 4 heteroatoms. The first-order valence-corrected chi connectivity index (χ1v) is 4.02. The summed E-state index contributed by atoms with van der Waals surface area (Å²) >= 11 is 1.62. The van der Waals surface area contributed by atoms with E-state index in [0.717, 1.165) is 10.8 Å². The van der Waals surface area contributed by atoms with Crippen LogP contribution < -0.4 is 5.73 Å². The number of nitrogens with zero attached hydrogens (tertiary/aromatic N) is 2. The predicted molar refractivity (Wildman–Crippen MR) is 41.8 cm³/mol. The summed E-state index contributed by atoms with van der Waals surface area (Å²) in [5, 5.41) is 8.54. The Morgan fingerprint density at radius 3 is 3.10 bits per heavy atom. The van der Waals surface area contributed by atoms with Crippen LogP contribution in [0.2, 0.25) is 0 Å². The van der Waals surface area contributed by atoms with Gasteiger partial charge in [0, 0.05) is 18.5 Å². The van der Waals surface area contributed by atoms with Gasteiger partial charge in [0.25, 0.3) is 0 Å².